The van der Waals surface area contributed by atoms with Crippen LogP contribution in [-0.2, 0) is 9.59 Å². The molecular weight excluding hydrogens is 370 g/mol. The van der Waals surface area contributed by atoms with Gasteiger partial charge in [-0.1, -0.05) is 38.4 Å². The molecule has 0 fully saturated rings. The van der Waals surface area contributed by atoms with Crippen molar-refractivity contribution in [1.82, 2.24) is 10.6 Å². The van der Waals surface area contributed by atoms with Crippen molar-refractivity contribution < 1.29 is 19.8 Å². The van der Waals surface area contributed by atoms with Crippen LogP contribution < -0.4 is 10.6 Å². The normalized spacial score (nSPS) is 13.4. The van der Waals surface area contributed by atoms with Crippen LogP contribution in [0.2, 0.25) is 5.02 Å². The summed E-state index contributed by atoms with van der Waals surface area (Å²) in [4.78, 5) is 29.6. The molecule has 0 bridgehead atoms. The number of hydrogen-bond donors (Lipinski definition) is 4. The van der Waals surface area contributed by atoms with Crippen molar-refractivity contribution in [2.24, 2.45) is 10.4 Å². The van der Waals surface area contributed by atoms with Gasteiger partial charge < -0.3 is 20.8 Å². The molecule has 0 radical (unpaired) electrons. The molecule has 1 atom stereocenters. The fourth-order valence-electron chi connectivity index (χ4n) is 2.50. The number of nitrogens with one attached hydrogen (secondary N) is 2. The maximum atomic E-state index is 12.9. The van der Waals surface area contributed by atoms with Crippen molar-refractivity contribution in [1.29, 1.82) is 0 Å². The van der Waals surface area contributed by atoms with Gasteiger partial charge in [0.25, 0.3) is 5.91 Å². The lowest BCUT2D eigenvalue weighted by molar-refractivity contribution is -0.130. The Balaban J connectivity index is 3.11. The van der Waals surface area contributed by atoms with Crippen LogP contribution in [0, 0.1) is 12.3 Å². The first-order valence-electron chi connectivity index (χ1n) is 8.61. The predicted octanol–water partition coefficient (Wildman–Crippen LogP) is 1.07. The molecule has 0 aliphatic heterocycles. The van der Waals surface area contributed by atoms with E-state index in [1.54, 1.807) is 39.0 Å². The number of nitrogens with zero attached hydrogens (tertiary/aromatic N) is 1. The monoisotopic (exact) mass is 397 g/mol. The molecule has 0 aromatic heterocycles. The van der Waals surface area contributed by atoms with Crippen molar-refractivity contribution in [3.8, 4) is 0 Å². The summed E-state index contributed by atoms with van der Waals surface area (Å²) in [6.45, 7) is 6.44. The highest BCUT2D eigenvalue weighted by Gasteiger charge is 2.34. The van der Waals surface area contributed by atoms with Gasteiger partial charge in [0.2, 0.25) is 5.91 Å². The Morgan fingerprint density at radius 2 is 1.78 bits per heavy atom. The molecule has 0 heterocycles. The summed E-state index contributed by atoms with van der Waals surface area (Å²) < 4.78 is 0. The number of aliphatic hydroxyl groups excluding tert-OH is 2. The quantitative estimate of drug-likeness (QED) is 0.515. The number of hydrogen-bond acceptors (Lipinski definition) is 5. The summed E-state index contributed by atoms with van der Waals surface area (Å²) in [5.41, 5.74) is 0.960. The summed E-state index contributed by atoms with van der Waals surface area (Å²) in [5.74, 6) is -1.01. The average molecular weight is 398 g/mol. The molecule has 1 aromatic rings. The summed E-state index contributed by atoms with van der Waals surface area (Å²) in [6, 6.07) is 3.46. The van der Waals surface area contributed by atoms with Crippen LogP contribution in [0.25, 0.3) is 0 Å². The average Bonchev–Trinajstić information content (AvgIpc) is 2.59. The number of aryl methyl sites for hydroxylation is 1. The van der Waals surface area contributed by atoms with E-state index >= 15 is 0 Å². The van der Waals surface area contributed by atoms with Crippen molar-refractivity contribution in [2.75, 3.05) is 20.3 Å². The molecule has 0 aliphatic rings. The van der Waals surface area contributed by atoms with E-state index in [2.05, 4.69) is 15.6 Å². The van der Waals surface area contributed by atoms with E-state index in [-0.39, 0.29) is 5.71 Å². The van der Waals surface area contributed by atoms with Crippen LogP contribution in [0.3, 0.4) is 0 Å². The van der Waals surface area contributed by atoms with E-state index in [9.17, 15) is 19.8 Å². The number of carbonyl (C=O) groups is 2. The van der Waals surface area contributed by atoms with E-state index in [4.69, 9.17) is 11.6 Å². The van der Waals surface area contributed by atoms with E-state index in [0.29, 0.717) is 10.6 Å². The minimum Gasteiger partial charge on any atom is -0.394 e. The largest absolute Gasteiger partial charge is 0.394 e. The lowest BCUT2D eigenvalue weighted by Crippen LogP contribution is -2.57. The zero-order chi connectivity index (χ0) is 20.8. The number of rotatable bonds is 7. The molecule has 0 saturated heterocycles. The fraction of sp³-hybridized carbons (Fsp3) is 0.526. The number of carbonyl (C=O) groups excluding carboxylic acids is 2. The highest BCUT2D eigenvalue weighted by Crippen LogP contribution is 2.21. The number of halogens is 1. The van der Waals surface area contributed by atoms with Crippen LogP contribution >= 0.6 is 11.6 Å². The molecule has 0 saturated carbocycles. The Kier molecular flexibility index (Phi) is 8.40. The summed E-state index contributed by atoms with van der Waals surface area (Å²) in [7, 11) is 1.50. The molecule has 0 spiro atoms. The van der Waals surface area contributed by atoms with Crippen LogP contribution in [0.4, 0.5) is 0 Å². The first-order chi connectivity index (χ1) is 12.5. The Morgan fingerprint density at radius 3 is 2.26 bits per heavy atom. The Morgan fingerprint density at radius 1 is 1.19 bits per heavy atom. The van der Waals surface area contributed by atoms with Crippen LogP contribution in [-0.4, -0.2) is 60.1 Å². The zero-order valence-electron chi connectivity index (χ0n) is 16.3. The predicted molar refractivity (Wildman–Crippen MR) is 106 cm³/mol. The zero-order valence-corrected chi connectivity index (χ0v) is 17.1. The van der Waals surface area contributed by atoms with E-state index in [1.165, 1.54) is 7.05 Å². The highest BCUT2D eigenvalue weighted by atomic mass is 35.5. The maximum absolute atomic E-state index is 12.9. The molecule has 1 aromatic carbocycles. The Bertz CT molecular complexity index is 709. The first kappa shape index (κ1) is 23.1. The smallest absolute Gasteiger partial charge is 0.270 e. The molecule has 8 heteroatoms. The van der Waals surface area contributed by atoms with Crippen LogP contribution in [0.5, 0.6) is 0 Å². The first-order valence-corrected chi connectivity index (χ1v) is 8.99. The number of aliphatic imine (C=N–C) groups is 1. The second-order valence-corrected chi connectivity index (χ2v) is 7.81. The van der Waals surface area contributed by atoms with Gasteiger partial charge in [0, 0.05) is 17.6 Å². The maximum Gasteiger partial charge on any atom is 0.270 e. The van der Waals surface area contributed by atoms with Gasteiger partial charge in [0.05, 0.1) is 19.3 Å². The molecule has 1 rings (SSSR count). The van der Waals surface area contributed by atoms with Gasteiger partial charge in [-0.15, -0.1) is 0 Å². The van der Waals surface area contributed by atoms with E-state index < -0.39 is 42.5 Å². The van der Waals surface area contributed by atoms with Crippen LogP contribution in [0.1, 0.15) is 31.9 Å². The van der Waals surface area contributed by atoms with Gasteiger partial charge in [-0.2, -0.15) is 0 Å². The third-order valence-corrected chi connectivity index (χ3v) is 4.32. The standard InChI is InChI=1S/C19H28ClN3O4/c1-11-6-7-12(20)8-14(11)15(21-5)17(26)23-16(19(2,3)4)18(27)22-13(9-24)10-25/h6-8,13,16,24-25H,9-10H2,1-5H3,(H,22,27)(H,23,26). The molecule has 150 valence electrons. The lowest BCUT2D eigenvalue weighted by Gasteiger charge is -2.31. The molecule has 7 nitrogen and oxygen atoms in total. The molecule has 1 unspecified atom stereocenters. The third-order valence-electron chi connectivity index (χ3n) is 4.08. The summed E-state index contributed by atoms with van der Waals surface area (Å²) >= 11 is 6.04. The number of aliphatic hydroxyl groups is 2. The molecular formula is C19H28ClN3O4. The second kappa shape index (κ2) is 9.82. The van der Waals surface area contributed by atoms with Gasteiger partial charge in [-0.3, -0.25) is 14.6 Å². The Labute approximate surface area is 164 Å². The van der Waals surface area contributed by atoms with Gasteiger partial charge in [-0.25, -0.2) is 0 Å². The molecule has 27 heavy (non-hydrogen) atoms. The highest BCUT2D eigenvalue weighted by molar-refractivity contribution is 6.46. The summed E-state index contributed by atoms with van der Waals surface area (Å²) in [6.07, 6.45) is 0. The molecule has 2 amide bonds. The van der Waals surface area contributed by atoms with E-state index in [0.717, 1.165) is 5.56 Å². The van der Waals surface area contributed by atoms with Gasteiger partial charge in [0.1, 0.15) is 11.8 Å². The minimum absolute atomic E-state index is 0.165. The second-order valence-electron chi connectivity index (χ2n) is 7.37. The van der Waals surface area contributed by atoms with Crippen molar-refractivity contribution in [3.05, 3.63) is 34.3 Å². The third kappa shape index (κ3) is 6.30. The van der Waals surface area contributed by atoms with Crippen molar-refractivity contribution in [2.45, 2.75) is 39.8 Å². The number of amides is 2. The lowest BCUT2D eigenvalue weighted by atomic mass is 9.85. The topological polar surface area (TPSA) is 111 Å². The van der Waals surface area contributed by atoms with Gasteiger partial charge in [-0.05, 0) is 30.0 Å². The summed E-state index contributed by atoms with van der Waals surface area (Å²) in [5, 5.41) is 24.1. The Hall–Kier alpha value is -1.96. The molecule has 0 aliphatic carbocycles. The van der Waals surface area contributed by atoms with Gasteiger partial charge >= 0.3 is 0 Å². The SMILES string of the molecule is CN=C(C(=O)NC(C(=O)NC(CO)CO)C(C)(C)C)c1cc(Cl)ccc1C. The number of benzene rings is 1. The van der Waals surface area contributed by atoms with E-state index in [1.807, 2.05) is 6.92 Å². The van der Waals surface area contributed by atoms with Crippen molar-refractivity contribution >= 4 is 29.1 Å². The van der Waals surface area contributed by atoms with Crippen LogP contribution in [0.15, 0.2) is 23.2 Å². The van der Waals surface area contributed by atoms with Crippen molar-refractivity contribution in [3.63, 3.8) is 0 Å². The molecule has 4 N–H and O–H groups in total. The minimum atomic E-state index is -0.901. The van der Waals surface area contributed by atoms with Gasteiger partial charge in [0.15, 0.2) is 0 Å². The fourth-order valence-corrected chi connectivity index (χ4v) is 2.67.